The molecule has 2 rings (SSSR count). The summed E-state index contributed by atoms with van der Waals surface area (Å²) < 4.78 is 1.83. The van der Waals surface area contributed by atoms with Crippen molar-refractivity contribution in [1.29, 1.82) is 0 Å². The molecular formula is C15H25N5O2. The summed E-state index contributed by atoms with van der Waals surface area (Å²) in [5.41, 5.74) is 0.687. The van der Waals surface area contributed by atoms with Crippen molar-refractivity contribution in [3.63, 3.8) is 0 Å². The number of hydrogen-bond donors (Lipinski definition) is 1. The van der Waals surface area contributed by atoms with Gasteiger partial charge in [-0.15, -0.1) is 0 Å². The van der Waals surface area contributed by atoms with Gasteiger partial charge in [-0.2, -0.15) is 5.10 Å². The molecule has 7 nitrogen and oxygen atoms in total. The maximum Gasteiger partial charge on any atom is 0.229 e. The van der Waals surface area contributed by atoms with Gasteiger partial charge in [-0.1, -0.05) is 13.8 Å². The van der Waals surface area contributed by atoms with Gasteiger partial charge in [0.2, 0.25) is 11.8 Å². The Morgan fingerprint density at radius 1 is 1.45 bits per heavy atom. The van der Waals surface area contributed by atoms with Crippen molar-refractivity contribution in [1.82, 2.24) is 19.6 Å². The number of hydrogen-bond acceptors (Lipinski definition) is 4. The van der Waals surface area contributed by atoms with Crippen LogP contribution in [0, 0.1) is 5.92 Å². The molecule has 1 N–H and O–H groups in total. The first-order valence-corrected chi connectivity index (χ1v) is 7.83. The molecule has 0 aliphatic carbocycles. The van der Waals surface area contributed by atoms with E-state index >= 15 is 0 Å². The van der Waals surface area contributed by atoms with E-state index in [1.54, 1.807) is 18.1 Å². The molecule has 0 spiro atoms. The van der Waals surface area contributed by atoms with E-state index in [-0.39, 0.29) is 17.7 Å². The Morgan fingerprint density at radius 3 is 2.77 bits per heavy atom. The third kappa shape index (κ3) is 4.07. The van der Waals surface area contributed by atoms with Crippen LogP contribution < -0.4 is 5.32 Å². The van der Waals surface area contributed by atoms with E-state index in [0.717, 1.165) is 26.2 Å². The zero-order chi connectivity index (χ0) is 16.1. The number of likely N-dealkylation sites (N-methyl/N-ethyl adjacent to an activating group) is 1. The molecular weight excluding hydrogens is 282 g/mol. The second-order valence-electron chi connectivity index (χ2n) is 5.68. The number of nitrogens with zero attached hydrogens (tertiary/aromatic N) is 4. The molecule has 0 aromatic carbocycles. The normalized spacial score (nSPS) is 18.3. The van der Waals surface area contributed by atoms with Crippen LogP contribution in [0.2, 0.25) is 0 Å². The fourth-order valence-corrected chi connectivity index (χ4v) is 2.62. The minimum absolute atomic E-state index is 0.0232. The van der Waals surface area contributed by atoms with Gasteiger partial charge >= 0.3 is 0 Å². The molecule has 1 aromatic heterocycles. The molecule has 0 saturated carbocycles. The molecule has 7 heteroatoms. The Hall–Kier alpha value is -1.89. The van der Waals surface area contributed by atoms with Crippen LogP contribution in [0.15, 0.2) is 12.4 Å². The number of carbonyl (C=O) groups excluding carboxylic acids is 2. The standard InChI is InChI=1S/C15H25N5O2/c1-4-19(5-2)6-7-20-11-13(9-16-20)17-15(22)12-8-14(21)18(3)10-12/h9,11-12H,4-8,10H2,1-3H3,(H,17,22)/t12-/m1/s1. The largest absolute Gasteiger partial charge is 0.345 e. The van der Waals surface area contributed by atoms with Gasteiger partial charge in [0.15, 0.2) is 0 Å². The summed E-state index contributed by atoms with van der Waals surface area (Å²) in [6.45, 7) is 8.53. The van der Waals surface area contributed by atoms with Gasteiger partial charge in [0.05, 0.1) is 24.3 Å². The van der Waals surface area contributed by atoms with E-state index in [1.807, 2.05) is 10.9 Å². The summed E-state index contributed by atoms with van der Waals surface area (Å²) in [7, 11) is 1.72. The van der Waals surface area contributed by atoms with Gasteiger partial charge in [0, 0.05) is 32.8 Å². The van der Waals surface area contributed by atoms with Gasteiger partial charge in [0.1, 0.15) is 0 Å². The number of anilines is 1. The van der Waals surface area contributed by atoms with E-state index in [1.165, 1.54) is 0 Å². The molecule has 0 unspecified atom stereocenters. The lowest BCUT2D eigenvalue weighted by atomic mass is 10.1. The highest BCUT2D eigenvalue weighted by Crippen LogP contribution is 2.18. The van der Waals surface area contributed by atoms with Crippen LogP contribution >= 0.6 is 0 Å². The van der Waals surface area contributed by atoms with E-state index in [4.69, 9.17) is 0 Å². The van der Waals surface area contributed by atoms with E-state index in [2.05, 4.69) is 29.2 Å². The zero-order valence-corrected chi connectivity index (χ0v) is 13.6. The van der Waals surface area contributed by atoms with Crippen LogP contribution in [-0.4, -0.2) is 64.6 Å². The highest BCUT2D eigenvalue weighted by molar-refractivity contribution is 5.96. The topological polar surface area (TPSA) is 70.5 Å². The predicted octanol–water partition coefficient (Wildman–Crippen LogP) is 0.642. The van der Waals surface area contributed by atoms with Crippen LogP contribution in [0.25, 0.3) is 0 Å². The van der Waals surface area contributed by atoms with Gasteiger partial charge in [-0.05, 0) is 13.1 Å². The molecule has 1 fully saturated rings. The van der Waals surface area contributed by atoms with Crippen molar-refractivity contribution in [2.24, 2.45) is 5.92 Å². The first kappa shape index (κ1) is 16.5. The summed E-state index contributed by atoms with van der Waals surface area (Å²) in [5.74, 6) is -0.354. The second-order valence-corrected chi connectivity index (χ2v) is 5.68. The molecule has 1 aliphatic heterocycles. The first-order chi connectivity index (χ1) is 10.5. The van der Waals surface area contributed by atoms with Gasteiger partial charge in [-0.25, -0.2) is 0 Å². The lowest BCUT2D eigenvalue weighted by Gasteiger charge is -2.17. The van der Waals surface area contributed by atoms with Gasteiger partial charge < -0.3 is 15.1 Å². The Kier molecular flexibility index (Phi) is 5.54. The molecule has 1 saturated heterocycles. The fourth-order valence-electron chi connectivity index (χ4n) is 2.62. The molecule has 2 amide bonds. The monoisotopic (exact) mass is 307 g/mol. The summed E-state index contributed by atoms with van der Waals surface area (Å²) in [5, 5.41) is 7.11. The van der Waals surface area contributed by atoms with Crippen LogP contribution in [-0.2, 0) is 16.1 Å². The third-order valence-electron chi connectivity index (χ3n) is 4.15. The van der Waals surface area contributed by atoms with Crippen LogP contribution in [0.4, 0.5) is 5.69 Å². The van der Waals surface area contributed by atoms with Crippen LogP contribution in [0.3, 0.4) is 0 Å². The number of amides is 2. The summed E-state index contributed by atoms with van der Waals surface area (Å²) in [4.78, 5) is 27.5. The summed E-state index contributed by atoms with van der Waals surface area (Å²) in [6, 6.07) is 0. The Morgan fingerprint density at radius 2 is 2.18 bits per heavy atom. The van der Waals surface area contributed by atoms with E-state index in [0.29, 0.717) is 18.7 Å². The smallest absolute Gasteiger partial charge is 0.229 e. The van der Waals surface area contributed by atoms with E-state index in [9.17, 15) is 9.59 Å². The highest BCUT2D eigenvalue weighted by Gasteiger charge is 2.32. The van der Waals surface area contributed by atoms with Crippen LogP contribution in [0.1, 0.15) is 20.3 Å². The molecule has 1 atom stereocenters. The van der Waals surface area contributed by atoms with Crippen molar-refractivity contribution in [2.75, 3.05) is 38.5 Å². The molecule has 22 heavy (non-hydrogen) atoms. The minimum Gasteiger partial charge on any atom is -0.345 e. The molecule has 1 aliphatic rings. The lowest BCUT2D eigenvalue weighted by molar-refractivity contribution is -0.127. The zero-order valence-electron chi connectivity index (χ0n) is 13.6. The van der Waals surface area contributed by atoms with E-state index < -0.39 is 0 Å². The first-order valence-electron chi connectivity index (χ1n) is 7.83. The van der Waals surface area contributed by atoms with Crippen molar-refractivity contribution in [3.05, 3.63) is 12.4 Å². The second kappa shape index (κ2) is 7.40. The lowest BCUT2D eigenvalue weighted by Crippen LogP contribution is -2.27. The van der Waals surface area contributed by atoms with Crippen molar-refractivity contribution in [2.45, 2.75) is 26.8 Å². The summed E-state index contributed by atoms with van der Waals surface area (Å²) >= 11 is 0. The molecule has 0 radical (unpaired) electrons. The number of rotatable bonds is 7. The van der Waals surface area contributed by atoms with Crippen molar-refractivity contribution in [3.8, 4) is 0 Å². The van der Waals surface area contributed by atoms with Crippen molar-refractivity contribution >= 4 is 17.5 Å². The predicted molar refractivity (Wildman–Crippen MR) is 84.4 cm³/mol. The molecule has 2 heterocycles. The highest BCUT2D eigenvalue weighted by atomic mass is 16.2. The molecule has 1 aromatic rings. The van der Waals surface area contributed by atoms with Gasteiger partial charge in [-0.3, -0.25) is 14.3 Å². The number of likely N-dealkylation sites (tertiary alicyclic amines) is 1. The number of aromatic nitrogens is 2. The molecule has 122 valence electrons. The Balaban J connectivity index is 1.84. The number of carbonyl (C=O) groups is 2. The third-order valence-corrected chi connectivity index (χ3v) is 4.15. The Bertz CT molecular complexity index is 524. The SMILES string of the molecule is CCN(CC)CCn1cc(NC(=O)[C@@H]2CC(=O)N(C)C2)cn1. The van der Waals surface area contributed by atoms with Crippen LogP contribution in [0.5, 0.6) is 0 Å². The quantitative estimate of drug-likeness (QED) is 0.802. The maximum atomic E-state index is 12.1. The average molecular weight is 307 g/mol. The summed E-state index contributed by atoms with van der Waals surface area (Å²) in [6.07, 6.45) is 3.78. The minimum atomic E-state index is -0.267. The Labute approximate surface area is 131 Å². The van der Waals surface area contributed by atoms with Gasteiger partial charge in [0.25, 0.3) is 0 Å². The fraction of sp³-hybridized carbons (Fsp3) is 0.667. The van der Waals surface area contributed by atoms with Crippen molar-refractivity contribution < 1.29 is 9.59 Å². The average Bonchev–Trinajstić information content (AvgIpc) is 3.07. The maximum absolute atomic E-state index is 12.1. The molecule has 0 bridgehead atoms. The number of nitrogens with one attached hydrogen (secondary N) is 1.